The Morgan fingerprint density at radius 2 is 1.45 bits per heavy atom. The number of likely N-dealkylation sites (N-methyl/N-ethyl adjacent to an activating group) is 3. The summed E-state index contributed by atoms with van der Waals surface area (Å²) in [6.45, 7) is 16.2. The average molecular weight is 617 g/mol. The van der Waals surface area contributed by atoms with Crippen LogP contribution in [0, 0.1) is 17.8 Å². The highest BCUT2D eigenvalue weighted by atomic mass is 16.6. The summed E-state index contributed by atoms with van der Waals surface area (Å²) >= 11 is 0. The Labute approximate surface area is 264 Å². The molecule has 1 unspecified atom stereocenters. The summed E-state index contributed by atoms with van der Waals surface area (Å²) < 4.78 is 5.91. The summed E-state index contributed by atoms with van der Waals surface area (Å²) in [5, 5.41) is 5.99. The van der Waals surface area contributed by atoms with Gasteiger partial charge in [0.25, 0.3) is 5.91 Å². The normalized spacial score (nSPS) is 17.3. The lowest BCUT2D eigenvalue weighted by Crippen LogP contribution is -2.58. The van der Waals surface area contributed by atoms with Crippen molar-refractivity contribution in [3.05, 3.63) is 29.8 Å². The van der Waals surface area contributed by atoms with Crippen LogP contribution in [-0.4, -0.2) is 116 Å². The second-order valence-electron chi connectivity index (χ2n) is 12.9. The number of nitrogens with zero attached hydrogens (tertiary/aromatic N) is 4. The molecule has 1 aromatic rings. The van der Waals surface area contributed by atoms with Gasteiger partial charge in [-0.2, -0.15) is 0 Å². The number of anilines is 1. The van der Waals surface area contributed by atoms with Gasteiger partial charge < -0.3 is 30.1 Å². The molecule has 2 rings (SSSR count). The number of benzene rings is 1. The van der Waals surface area contributed by atoms with Crippen molar-refractivity contribution in [3.8, 4) is 0 Å². The first-order chi connectivity index (χ1) is 20.6. The molecule has 1 aromatic carbocycles. The van der Waals surface area contributed by atoms with Gasteiger partial charge in [-0.25, -0.2) is 4.79 Å². The fraction of sp³-hybridized carbons (Fsp3) is 0.697. The Bertz CT molecular complexity index is 1100. The van der Waals surface area contributed by atoms with E-state index in [0.29, 0.717) is 24.6 Å². The van der Waals surface area contributed by atoms with Crippen LogP contribution < -0.4 is 10.6 Å². The molecule has 248 valence electrons. The third kappa shape index (κ3) is 9.33. The lowest BCUT2D eigenvalue weighted by molar-refractivity contribution is -0.143. The van der Waals surface area contributed by atoms with Gasteiger partial charge in [0.2, 0.25) is 17.9 Å². The Hall–Kier alpha value is -3.34. The molecule has 0 saturated carbocycles. The van der Waals surface area contributed by atoms with Crippen molar-refractivity contribution < 1.29 is 23.9 Å². The monoisotopic (exact) mass is 616 g/mol. The molecule has 1 aliphatic rings. The topological polar surface area (TPSA) is 115 Å². The molecule has 1 heterocycles. The Morgan fingerprint density at radius 1 is 0.886 bits per heavy atom. The first-order valence-electron chi connectivity index (χ1n) is 15.9. The van der Waals surface area contributed by atoms with E-state index in [9.17, 15) is 19.2 Å². The van der Waals surface area contributed by atoms with Crippen molar-refractivity contribution in [2.75, 3.05) is 59.7 Å². The van der Waals surface area contributed by atoms with Gasteiger partial charge in [-0.3, -0.25) is 19.3 Å². The molecule has 0 aromatic heterocycles. The van der Waals surface area contributed by atoms with Gasteiger partial charge in [-0.1, -0.05) is 60.1 Å². The summed E-state index contributed by atoms with van der Waals surface area (Å²) in [5.41, 5.74) is 1.40. The molecule has 4 amide bonds. The second kappa shape index (κ2) is 16.7. The van der Waals surface area contributed by atoms with Gasteiger partial charge in [-0.05, 0) is 43.9 Å². The summed E-state index contributed by atoms with van der Waals surface area (Å²) in [6, 6.07) is 5.48. The fourth-order valence-corrected chi connectivity index (χ4v) is 5.40. The molecule has 1 fully saturated rings. The number of rotatable bonds is 13. The highest BCUT2D eigenvalue weighted by Crippen LogP contribution is 2.25. The summed E-state index contributed by atoms with van der Waals surface area (Å²) in [4.78, 5) is 61.4. The third-order valence-electron chi connectivity index (χ3n) is 9.02. The number of carbonyl (C=O) groups is 4. The molecule has 5 atom stereocenters. The van der Waals surface area contributed by atoms with Crippen LogP contribution in [0.5, 0.6) is 0 Å². The van der Waals surface area contributed by atoms with E-state index in [0.717, 1.165) is 25.2 Å². The van der Waals surface area contributed by atoms with Crippen molar-refractivity contribution in [1.29, 1.82) is 0 Å². The van der Waals surface area contributed by atoms with E-state index in [1.807, 2.05) is 53.8 Å². The van der Waals surface area contributed by atoms with Crippen molar-refractivity contribution in [3.63, 3.8) is 0 Å². The number of amides is 4. The van der Waals surface area contributed by atoms with Crippen LogP contribution in [0.15, 0.2) is 24.3 Å². The standard InChI is InChI=1S/C33H56N6O5/c1-12-23(6)24(7)37(10)31(41)27(21(2)3)35-30(40)28(22(4)5)38(11)33(43)44-29(25-13-15-26(34-8)16-14-25)32(42)39-19-17-36(9)18-20-39/h13-16,21-24,27-29,34H,12,17-20H2,1-11H3,(H,35,40)/t23-,24+,27-,28-,29?/m0/s1. The molecule has 0 radical (unpaired) electrons. The zero-order chi connectivity index (χ0) is 33.3. The van der Waals surface area contributed by atoms with Gasteiger partial charge in [0.15, 0.2) is 0 Å². The zero-order valence-electron chi connectivity index (χ0n) is 28.7. The second-order valence-corrected chi connectivity index (χ2v) is 12.9. The van der Waals surface area contributed by atoms with Crippen molar-refractivity contribution in [2.45, 2.75) is 79.1 Å². The first kappa shape index (κ1) is 36.8. The van der Waals surface area contributed by atoms with Gasteiger partial charge in [0.1, 0.15) is 12.1 Å². The molecule has 11 heteroatoms. The molecular formula is C33H56N6O5. The highest BCUT2D eigenvalue weighted by molar-refractivity contribution is 5.92. The third-order valence-corrected chi connectivity index (χ3v) is 9.02. The number of nitrogens with one attached hydrogen (secondary N) is 2. The quantitative estimate of drug-likeness (QED) is 0.348. The van der Waals surface area contributed by atoms with Gasteiger partial charge in [-0.15, -0.1) is 0 Å². The fourth-order valence-electron chi connectivity index (χ4n) is 5.40. The summed E-state index contributed by atoms with van der Waals surface area (Å²) in [5.74, 6) is -1.09. The van der Waals surface area contributed by atoms with E-state index in [4.69, 9.17) is 4.74 Å². The molecule has 0 aliphatic carbocycles. The van der Waals surface area contributed by atoms with Crippen LogP contribution in [0.4, 0.5) is 10.5 Å². The average Bonchev–Trinajstić information content (AvgIpc) is 3.00. The summed E-state index contributed by atoms with van der Waals surface area (Å²) in [6.07, 6.45) is -1.03. The number of piperazine rings is 1. The smallest absolute Gasteiger partial charge is 0.411 e. The maximum atomic E-state index is 13.8. The minimum atomic E-state index is -1.17. The molecule has 0 bridgehead atoms. The van der Waals surface area contributed by atoms with Crippen molar-refractivity contribution >= 4 is 29.5 Å². The van der Waals surface area contributed by atoms with Gasteiger partial charge in [0.05, 0.1) is 0 Å². The van der Waals surface area contributed by atoms with Crippen LogP contribution in [0.25, 0.3) is 0 Å². The van der Waals surface area contributed by atoms with E-state index in [1.54, 1.807) is 36.0 Å². The van der Waals surface area contributed by atoms with Gasteiger partial charge in [0, 0.05) is 64.6 Å². The minimum absolute atomic E-state index is 0.00106. The van der Waals surface area contributed by atoms with E-state index in [1.165, 1.54) is 11.9 Å². The maximum Gasteiger partial charge on any atom is 0.411 e. The van der Waals surface area contributed by atoms with Crippen LogP contribution in [-0.2, 0) is 19.1 Å². The number of hydrogen-bond donors (Lipinski definition) is 2. The highest BCUT2D eigenvalue weighted by Gasteiger charge is 2.38. The van der Waals surface area contributed by atoms with Gasteiger partial charge >= 0.3 is 6.09 Å². The number of carbonyl (C=O) groups excluding carboxylic acids is 4. The predicted octanol–water partition coefficient (Wildman–Crippen LogP) is 3.67. The Morgan fingerprint density at radius 3 is 1.93 bits per heavy atom. The predicted molar refractivity (Wildman–Crippen MR) is 174 cm³/mol. The van der Waals surface area contributed by atoms with Crippen LogP contribution in [0.1, 0.15) is 66.6 Å². The van der Waals surface area contributed by atoms with Crippen molar-refractivity contribution in [2.24, 2.45) is 17.8 Å². The minimum Gasteiger partial charge on any atom is -0.431 e. The van der Waals surface area contributed by atoms with E-state index in [-0.39, 0.29) is 29.7 Å². The van der Waals surface area contributed by atoms with E-state index in [2.05, 4.69) is 29.4 Å². The maximum absolute atomic E-state index is 13.8. The largest absolute Gasteiger partial charge is 0.431 e. The lowest BCUT2D eigenvalue weighted by Gasteiger charge is -2.37. The summed E-state index contributed by atoms with van der Waals surface area (Å²) in [7, 11) is 7.07. The van der Waals surface area contributed by atoms with Crippen LogP contribution in [0.3, 0.4) is 0 Å². The van der Waals surface area contributed by atoms with Crippen LogP contribution in [0.2, 0.25) is 0 Å². The molecule has 1 saturated heterocycles. The van der Waals surface area contributed by atoms with Crippen molar-refractivity contribution in [1.82, 2.24) is 24.9 Å². The van der Waals surface area contributed by atoms with Crippen LogP contribution >= 0.6 is 0 Å². The SMILES string of the molecule is CC[C@H](C)[C@@H](C)N(C)C(=O)[C@@H](NC(=O)[C@H](C(C)C)N(C)C(=O)OC(C(=O)N1CCN(C)CC1)c1ccc(NC)cc1)C(C)C. The Balaban J connectivity index is 2.29. The lowest BCUT2D eigenvalue weighted by atomic mass is 9.96. The number of ether oxygens (including phenoxy) is 1. The molecule has 44 heavy (non-hydrogen) atoms. The molecule has 2 N–H and O–H groups in total. The first-order valence-corrected chi connectivity index (χ1v) is 15.9. The van der Waals surface area contributed by atoms with E-state index < -0.39 is 30.2 Å². The molecule has 0 spiro atoms. The zero-order valence-corrected chi connectivity index (χ0v) is 28.7. The molecule has 1 aliphatic heterocycles. The molecule has 11 nitrogen and oxygen atoms in total. The Kier molecular flexibility index (Phi) is 13.9. The number of hydrogen-bond acceptors (Lipinski definition) is 7. The van der Waals surface area contributed by atoms with E-state index >= 15 is 0 Å². The molecular weight excluding hydrogens is 560 g/mol.